The van der Waals surface area contributed by atoms with Gasteiger partial charge in [0.15, 0.2) is 0 Å². The molecular formula is C9H9ClOS. The summed E-state index contributed by atoms with van der Waals surface area (Å²) in [4.78, 5) is 0.793. The van der Waals surface area contributed by atoms with Gasteiger partial charge in [-0.05, 0) is 25.0 Å². The van der Waals surface area contributed by atoms with Crippen molar-refractivity contribution in [3.8, 4) is 0 Å². The standard InChI is InChI=1S/C9H9ClOS/c10-8-3-1-2-4-9(8)12(11)7-5-6-7/h1-4,7H,5-6H2. The zero-order valence-electron chi connectivity index (χ0n) is 6.50. The molecule has 0 aliphatic heterocycles. The van der Waals surface area contributed by atoms with Crippen LogP contribution in [0.3, 0.4) is 0 Å². The molecule has 0 radical (unpaired) electrons. The van der Waals surface area contributed by atoms with Crippen molar-refractivity contribution < 1.29 is 4.21 Å². The van der Waals surface area contributed by atoms with Crippen LogP contribution in [0.5, 0.6) is 0 Å². The summed E-state index contributed by atoms with van der Waals surface area (Å²) in [6.07, 6.45) is 2.16. The van der Waals surface area contributed by atoms with Crippen molar-refractivity contribution in [1.82, 2.24) is 0 Å². The van der Waals surface area contributed by atoms with Gasteiger partial charge in [-0.15, -0.1) is 0 Å². The monoisotopic (exact) mass is 200 g/mol. The lowest BCUT2D eigenvalue weighted by Gasteiger charge is -2.01. The maximum atomic E-state index is 11.7. The summed E-state index contributed by atoms with van der Waals surface area (Å²) in [5, 5.41) is 0.993. The van der Waals surface area contributed by atoms with Crippen LogP contribution in [0.2, 0.25) is 5.02 Å². The molecule has 0 N–H and O–H groups in total. The Kier molecular flexibility index (Phi) is 2.20. The normalized spacial score (nSPS) is 19.1. The van der Waals surface area contributed by atoms with Gasteiger partial charge in [0.25, 0.3) is 0 Å². The third-order valence-electron chi connectivity index (χ3n) is 1.88. The minimum absolute atomic E-state index is 0.366. The van der Waals surface area contributed by atoms with Crippen molar-refractivity contribution in [2.75, 3.05) is 0 Å². The average molecular weight is 201 g/mol. The van der Waals surface area contributed by atoms with E-state index in [-0.39, 0.29) is 0 Å². The fourth-order valence-electron chi connectivity index (χ4n) is 1.07. The molecular weight excluding hydrogens is 192 g/mol. The molecule has 1 atom stereocenters. The van der Waals surface area contributed by atoms with E-state index < -0.39 is 10.8 Å². The molecule has 0 amide bonds. The Morgan fingerprint density at radius 1 is 1.33 bits per heavy atom. The van der Waals surface area contributed by atoms with Crippen LogP contribution < -0.4 is 0 Å². The molecule has 3 heteroatoms. The zero-order valence-corrected chi connectivity index (χ0v) is 8.07. The summed E-state index contributed by atoms with van der Waals surface area (Å²) < 4.78 is 11.7. The largest absolute Gasteiger partial charge is 0.254 e. The predicted molar refractivity (Wildman–Crippen MR) is 50.9 cm³/mol. The van der Waals surface area contributed by atoms with Crippen molar-refractivity contribution in [2.24, 2.45) is 0 Å². The molecule has 64 valence electrons. The fraction of sp³-hybridized carbons (Fsp3) is 0.333. The van der Waals surface area contributed by atoms with Crippen LogP contribution in [0.1, 0.15) is 12.8 Å². The number of hydrogen-bond donors (Lipinski definition) is 0. The minimum atomic E-state index is -0.868. The molecule has 1 nitrogen and oxygen atoms in total. The molecule has 1 fully saturated rings. The van der Waals surface area contributed by atoms with Crippen molar-refractivity contribution in [2.45, 2.75) is 23.0 Å². The van der Waals surface area contributed by atoms with Gasteiger partial charge in [-0.1, -0.05) is 23.7 Å². The van der Waals surface area contributed by atoms with E-state index in [1.165, 1.54) is 0 Å². The van der Waals surface area contributed by atoms with Gasteiger partial charge in [-0.3, -0.25) is 4.21 Å². The highest BCUT2D eigenvalue weighted by Gasteiger charge is 2.30. The van der Waals surface area contributed by atoms with Gasteiger partial charge in [0.05, 0.1) is 20.7 Å². The minimum Gasteiger partial charge on any atom is -0.254 e. The quantitative estimate of drug-likeness (QED) is 0.718. The van der Waals surface area contributed by atoms with Crippen LogP contribution in [0.15, 0.2) is 29.2 Å². The van der Waals surface area contributed by atoms with E-state index >= 15 is 0 Å². The number of hydrogen-bond acceptors (Lipinski definition) is 1. The van der Waals surface area contributed by atoms with Gasteiger partial charge in [-0.25, -0.2) is 0 Å². The highest BCUT2D eigenvalue weighted by atomic mass is 35.5. The van der Waals surface area contributed by atoms with Gasteiger partial charge in [0.1, 0.15) is 0 Å². The first kappa shape index (κ1) is 8.27. The molecule has 0 bridgehead atoms. The van der Waals surface area contributed by atoms with Crippen LogP contribution in [0, 0.1) is 0 Å². The Hall–Kier alpha value is -0.340. The lowest BCUT2D eigenvalue weighted by atomic mass is 10.4. The Bertz CT molecular complexity index is 320. The predicted octanol–water partition coefficient (Wildman–Crippen LogP) is 2.61. The van der Waals surface area contributed by atoms with E-state index in [4.69, 9.17) is 11.6 Å². The van der Waals surface area contributed by atoms with E-state index in [9.17, 15) is 4.21 Å². The van der Waals surface area contributed by atoms with Gasteiger partial charge in [0, 0.05) is 5.25 Å². The molecule has 12 heavy (non-hydrogen) atoms. The second kappa shape index (κ2) is 3.19. The average Bonchev–Trinajstić information content (AvgIpc) is 2.86. The number of halogens is 1. The second-order valence-electron chi connectivity index (χ2n) is 2.93. The number of benzene rings is 1. The first-order valence-electron chi connectivity index (χ1n) is 3.94. The maximum absolute atomic E-state index is 11.7. The lowest BCUT2D eigenvalue weighted by Crippen LogP contribution is -1.97. The van der Waals surface area contributed by atoms with Gasteiger partial charge in [-0.2, -0.15) is 0 Å². The Balaban J connectivity index is 2.32. The van der Waals surface area contributed by atoms with Crippen molar-refractivity contribution in [3.05, 3.63) is 29.3 Å². The summed E-state index contributed by atoms with van der Waals surface area (Å²) in [6, 6.07) is 7.37. The third kappa shape index (κ3) is 1.54. The Morgan fingerprint density at radius 3 is 2.58 bits per heavy atom. The highest BCUT2D eigenvalue weighted by molar-refractivity contribution is 7.86. The summed E-state index contributed by atoms with van der Waals surface area (Å²) in [7, 11) is -0.868. The third-order valence-corrected chi connectivity index (χ3v) is 4.19. The molecule has 1 aliphatic rings. The summed E-state index contributed by atoms with van der Waals surface area (Å²) in [5.74, 6) is 0. The summed E-state index contributed by atoms with van der Waals surface area (Å²) in [6.45, 7) is 0. The van der Waals surface area contributed by atoms with Gasteiger partial charge >= 0.3 is 0 Å². The molecule has 0 saturated heterocycles. The van der Waals surface area contributed by atoms with Crippen LogP contribution in [-0.2, 0) is 10.8 Å². The van der Waals surface area contributed by atoms with Crippen LogP contribution in [0.4, 0.5) is 0 Å². The van der Waals surface area contributed by atoms with Crippen LogP contribution in [-0.4, -0.2) is 9.46 Å². The van der Waals surface area contributed by atoms with Crippen LogP contribution >= 0.6 is 11.6 Å². The molecule has 1 saturated carbocycles. The molecule has 2 rings (SSSR count). The van der Waals surface area contributed by atoms with E-state index in [1.807, 2.05) is 18.2 Å². The van der Waals surface area contributed by atoms with Gasteiger partial charge in [0.2, 0.25) is 0 Å². The fourth-order valence-corrected chi connectivity index (χ4v) is 2.83. The number of rotatable bonds is 2. The summed E-state index contributed by atoms with van der Waals surface area (Å²) >= 11 is 5.90. The second-order valence-corrected chi connectivity index (χ2v) is 5.04. The van der Waals surface area contributed by atoms with Crippen molar-refractivity contribution in [3.63, 3.8) is 0 Å². The topological polar surface area (TPSA) is 17.1 Å². The van der Waals surface area contributed by atoms with Crippen molar-refractivity contribution in [1.29, 1.82) is 0 Å². The first-order valence-corrected chi connectivity index (χ1v) is 5.53. The molecule has 0 spiro atoms. The SMILES string of the molecule is O=S(c1ccccc1Cl)C1CC1. The van der Waals surface area contributed by atoms with Crippen molar-refractivity contribution >= 4 is 22.4 Å². The Morgan fingerprint density at radius 2 is 2.00 bits per heavy atom. The smallest absolute Gasteiger partial charge is 0.0577 e. The zero-order chi connectivity index (χ0) is 8.55. The van der Waals surface area contributed by atoms with E-state index in [0.29, 0.717) is 10.3 Å². The van der Waals surface area contributed by atoms with E-state index in [0.717, 1.165) is 17.7 Å². The maximum Gasteiger partial charge on any atom is 0.0577 e. The molecule has 1 aromatic rings. The van der Waals surface area contributed by atoms with E-state index in [2.05, 4.69) is 0 Å². The molecule has 1 aliphatic carbocycles. The Labute approximate surface area is 79.2 Å². The molecule has 0 heterocycles. The molecule has 1 unspecified atom stereocenters. The van der Waals surface area contributed by atoms with Crippen LogP contribution in [0.25, 0.3) is 0 Å². The van der Waals surface area contributed by atoms with Gasteiger partial charge < -0.3 is 0 Å². The highest BCUT2D eigenvalue weighted by Crippen LogP contribution is 2.32. The molecule has 1 aromatic carbocycles. The van der Waals surface area contributed by atoms with E-state index in [1.54, 1.807) is 6.07 Å². The molecule has 0 aromatic heterocycles. The summed E-state index contributed by atoms with van der Waals surface area (Å²) in [5.41, 5.74) is 0. The lowest BCUT2D eigenvalue weighted by molar-refractivity contribution is 0.682. The first-order chi connectivity index (χ1) is 5.79.